The van der Waals surface area contributed by atoms with Crippen molar-refractivity contribution in [2.45, 2.75) is 12.8 Å². The number of nitrogens with zero attached hydrogens (tertiary/aromatic N) is 1. The number of carbonyl (C=O) groups is 1. The summed E-state index contributed by atoms with van der Waals surface area (Å²) in [7, 11) is 0. The molecule has 28 heavy (non-hydrogen) atoms. The Labute approximate surface area is 157 Å². The summed E-state index contributed by atoms with van der Waals surface area (Å²) in [5.74, 6) is -0.971. The van der Waals surface area contributed by atoms with Crippen molar-refractivity contribution in [2.24, 2.45) is 0 Å². The molecule has 0 bridgehead atoms. The summed E-state index contributed by atoms with van der Waals surface area (Å²) in [5, 5.41) is 4.96. The normalized spacial score (nSPS) is 11.6. The first-order chi connectivity index (χ1) is 13.3. The third-order valence-electron chi connectivity index (χ3n) is 3.38. The molecule has 0 spiro atoms. The van der Waals surface area contributed by atoms with E-state index in [1.807, 2.05) is 0 Å². The van der Waals surface area contributed by atoms with Crippen molar-refractivity contribution in [1.29, 1.82) is 0 Å². The Bertz CT molecular complexity index is 825. The molecule has 0 saturated heterocycles. The lowest BCUT2D eigenvalue weighted by Crippen LogP contribution is -2.27. The van der Waals surface area contributed by atoms with Gasteiger partial charge in [-0.15, -0.1) is 0 Å². The molecule has 1 amide bonds. The molecule has 0 fully saturated rings. The zero-order valence-electron chi connectivity index (χ0n) is 14.3. The van der Waals surface area contributed by atoms with E-state index in [0.29, 0.717) is 0 Å². The van der Waals surface area contributed by atoms with Crippen LogP contribution in [0.4, 0.5) is 27.8 Å². The molecular weight excluding hydrogens is 385 g/mol. The number of alkyl halides is 5. The number of hydrogen-bond acceptors (Lipinski definition) is 4. The number of aromatic nitrogens is 1. The van der Waals surface area contributed by atoms with Crippen molar-refractivity contribution in [3.05, 3.63) is 59.8 Å². The predicted molar refractivity (Wildman–Crippen MR) is 92.8 cm³/mol. The van der Waals surface area contributed by atoms with Gasteiger partial charge in [0.2, 0.25) is 5.91 Å². The SMILES string of the molecule is O=C(C=Cc1ccccc1OC(F)F)NCCNc1ncccc1C(F)(F)F. The van der Waals surface area contributed by atoms with Gasteiger partial charge in [0.1, 0.15) is 11.6 Å². The fourth-order valence-electron chi connectivity index (χ4n) is 2.19. The van der Waals surface area contributed by atoms with Gasteiger partial charge in [0.15, 0.2) is 0 Å². The van der Waals surface area contributed by atoms with Crippen molar-refractivity contribution in [2.75, 3.05) is 18.4 Å². The largest absolute Gasteiger partial charge is 0.434 e. The fraction of sp³-hybridized carbons (Fsp3) is 0.222. The van der Waals surface area contributed by atoms with E-state index >= 15 is 0 Å². The van der Waals surface area contributed by atoms with Gasteiger partial charge >= 0.3 is 12.8 Å². The second-order valence-corrected chi connectivity index (χ2v) is 5.36. The van der Waals surface area contributed by atoms with Crippen molar-refractivity contribution < 1.29 is 31.5 Å². The number of rotatable bonds is 8. The molecule has 0 aliphatic heterocycles. The molecule has 0 atom stereocenters. The van der Waals surface area contributed by atoms with Crippen LogP contribution >= 0.6 is 0 Å². The minimum atomic E-state index is -4.55. The van der Waals surface area contributed by atoms with Gasteiger partial charge in [-0.2, -0.15) is 22.0 Å². The highest BCUT2D eigenvalue weighted by molar-refractivity contribution is 5.92. The molecule has 5 nitrogen and oxygen atoms in total. The molecule has 1 aromatic heterocycles. The maximum Gasteiger partial charge on any atom is 0.419 e. The molecule has 1 heterocycles. The highest BCUT2D eigenvalue weighted by Crippen LogP contribution is 2.33. The summed E-state index contributed by atoms with van der Waals surface area (Å²) in [4.78, 5) is 15.4. The summed E-state index contributed by atoms with van der Waals surface area (Å²) in [6, 6.07) is 7.99. The third-order valence-corrected chi connectivity index (χ3v) is 3.38. The lowest BCUT2D eigenvalue weighted by atomic mass is 10.2. The van der Waals surface area contributed by atoms with E-state index in [-0.39, 0.29) is 30.2 Å². The van der Waals surface area contributed by atoms with Crippen LogP contribution in [0, 0.1) is 0 Å². The number of para-hydroxylation sites is 1. The first-order valence-electron chi connectivity index (χ1n) is 8.03. The second kappa shape index (κ2) is 9.67. The zero-order chi connectivity index (χ0) is 20.6. The van der Waals surface area contributed by atoms with E-state index in [1.54, 1.807) is 6.07 Å². The van der Waals surface area contributed by atoms with Crippen molar-refractivity contribution in [3.63, 3.8) is 0 Å². The van der Waals surface area contributed by atoms with Gasteiger partial charge < -0.3 is 15.4 Å². The van der Waals surface area contributed by atoms with Gasteiger partial charge in [0, 0.05) is 30.9 Å². The number of halogens is 5. The molecule has 0 aliphatic carbocycles. The molecule has 1 aromatic carbocycles. The lowest BCUT2D eigenvalue weighted by Gasteiger charge is -2.13. The van der Waals surface area contributed by atoms with Gasteiger partial charge in [-0.05, 0) is 24.3 Å². The van der Waals surface area contributed by atoms with Crippen LogP contribution in [0.2, 0.25) is 0 Å². The van der Waals surface area contributed by atoms with Crippen LogP contribution < -0.4 is 15.4 Å². The molecule has 2 aromatic rings. The first-order valence-corrected chi connectivity index (χ1v) is 8.03. The minimum Gasteiger partial charge on any atom is -0.434 e. The third kappa shape index (κ3) is 6.53. The Morgan fingerprint density at radius 1 is 1.14 bits per heavy atom. The van der Waals surface area contributed by atoms with Crippen molar-refractivity contribution in [3.8, 4) is 5.75 Å². The molecule has 2 rings (SSSR count). The standard InChI is InChI=1S/C18H16F5N3O2/c19-17(20)28-14-6-2-1-4-12(14)7-8-15(27)24-10-11-26-16-13(18(21,22)23)5-3-9-25-16/h1-9,17H,10-11H2,(H,24,27)(H,25,26). The summed E-state index contributed by atoms with van der Waals surface area (Å²) in [6.45, 7) is -2.97. The average Bonchev–Trinajstić information content (AvgIpc) is 2.63. The van der Waals surface area contributed by atoms with Gasteiger partial charge in [0.05, 0.1) is 5.56 Å². The monoisotopic (exact) mass is 401 g/mol. The Kier molecular flexibility index (Phi) is 7.30. The topological polar surface area (TPSA) is 63.2 Å². The zero-order valence-corrected chi connectivity index (χ0v) is 14.3. The van der Waals surface area contributed by atoms with Crippen LogP contribution in [-0.4, -0.2) is 30.6 Å². The van der Waals surface area contributed by atoms with Crippen LogP contribution in [0.15, 0.2) is 48.7 Å². The minimum absolute atomic E-state index is 0.00472. The summed E-state index contributed by atoms with van der Waals surface area (Å²) < 4.78 is 67.5. The molecule has 0 unspecified atom stereocenters. The van der Waals surface area contributed by atoms with E-state index in [4.69, 9.17) is 0 Å². The van der Waals surface area contributed by atoms with E-state index in [9.17, 15) is 26.7 Å². The van der Waals surface area contributed by atoms with E-state index in [2.05, 4.69) is 20.4 Å². The van der Waals surface area contributed by atoms with Crippen molar-refractivity contribution in [1.82, 2.24) is 10.3 Å². The second-order valence-electron chi connectivity index (χ2n) is 5.36. The molecule has 10 heteroatoms. The number of ether oxygens (including phenoxy) is 1. The average molecular weight is 401 g/mol. The number of benzene rings is 1. The number of carbonyl (C=O) groups excluding carboxylic acids is 1. The predicted octanol–water partition coefficient (Wildman–Crippen LogP) is 3.94. The molecule has 0 saturated carbocycles. The smallest absolute Gasteiger partial charge is 0.419 e. The Balaban J connectivity index is 1.85. The van der Waals surface area contributed by atoms with E-state index in [1.165, 1.54) is 36.5 Å². The maximum atomic E-state index is 12.8. The van der Waals surface area contributed by atoms with E-state index < -0.39 is 24.3 Å². The van der Waals surface area contributed by atoms with Crippen LogP contribution in [0.3, 0.4) is 0 Å². The van der Waals surface area contributed by atoms with Gasteiger partial charge in [-0.1, -0.05) is 18.2 Å². The number of pyridine rings is 1. The summed E-state index contributed by atoms with van der Waals surface area (Å²) in [5.41, 5.74) is -0.628. The summed E-state index contributed by atoms with van der Waals surface area (Å²) in [6.07, 6.45) is -0.926. The Morgan fingerprint density at radius 2 is 1.89 bits per heavy atom. The quantitative estimate of drug-likeness (QED) is 0.400. The number of nitrogens with one attached hydrogen (secondary N) is 2. The molecule has 2 N–H and O–H groups in total. The van der Waals surface area contributed by atoms with Crippen LogP contribution in [0.5, 0.6) is 5.75 Å². The maximum absolute atomic E-state index is 12.8. The number of amides is 1. The van der Waals surface area contributed by atoms with Crippen molar-refractivity contribution >= 4 is 17.8 Å². The molecule has 150 valence electrons. The Morgan fingerprint density at radius 3 is 2.61 bits per heavy atom. The van der Waals surface area contributed by atoms with Gasteiger partial charge in [0.25, 0.3) is 0 Å². The number of hydrogen-bond donors (Lipinski definition) is 2. The van der Waals surface area contributed by atoms with Gasteiger partial charge in [-0.3, -0.25) is 4.79 Å². The Hall–Kier alpha value is -3.17. The van der Waals surface area contributed by atoms with Crippen LogP contribution in [0.1, 0.15) is 11.1 Å². The number of anilines is 1. The van der Waals surface area contributed by atoms with E-state index in [0.717, 1.165) is 12.1 Å². The lowest BCUT2D eigenvalue weighted by molar-refractivity contribution is -0.137. The summed E-state index contributed by atoms with van der Waals surface area (Å²) >= 11 is 0. The van der Waals surface area contributed by atoms with Gasteiger partial charge in [-0.25, -0.2) is 4.98 Å². The first kappa shape index (κ1) is 21.1. The molecular formula is C18H16F5N3O2. The highest BCUT2D eigenvalue weighted by atomic mass is 19.4. The molecule has 0 aliphatic rings. The highest BCUT2D eigenvalue weighted by Gasteiger charge is 2.33. The fourth-order valence-corrected chi connectivity index (χ4v) is 2.19. The van der Waals surface area contributed by atoms with Crippen LogP contribution in [0.25, 0.3) is 6.08 Å². The molecule has 0 radical (unpaired) electrons. The van der Waals surface area contributed by atoms with Crippen LogP contribution in [-0.2, 0) is 11.0 Å².